The van der Waals surface area contributed by atoms with Crippen LogP contribution >= 0.6 is 0 Å². The monoisotopic (exact) mass is 211 g/mol. The Morgan fingerprint density at radius 2 is 1.94 bits per heavy atom. The molecular formula is C14H13NO. The number of Topliss-reactive ketones (excluding diaryl/α,β-unsaturated/α-hetero) is 1. The molecule has 0 atom stereocenters. The molecule has 2 heteroatoms. The first-order valence-electron chi connectivity index (χ1n) is 5.21. The van der Waals surface area contributed by atoms with E-state index >= 15 is 0 Å². The van der Waals surface area contributed by atoms with Gasteiger partial charge >= 0.3 is 0 Å². The Morgan fingerprint density at radius 3 is 2.56 bits per heavy atom. The van der Waals surface area contributed by atoms with E-state index in [9.17, 15) is 4.79 Å². The Hall–Kier alpha value is -1.96. The normalized spacial score (nSPS) is 10.1. The molecule has 0 bridgehead atoms. The second-order valence-electron chi connectivity index (χ2n) is 3.83. The van der Waals surface area contributed by atoms with Gasteiger partial charge in [0.1, 0.15) is 0 Å². The maximum Gasteiger partial charge on any atom is 0.159 e. The smallest absolute Gasteiger partial charge is 0.159 e. The molecule has 0 fully saturated rings. The van der Waals surface area contributed by atoms with Crippen LogP contribution in [0.25, 0.3) is 11.1 Å². The van der Waals surface area contributed by atoms with Crippen LogP contribution in [0.1, 0.15) is 23.0 Å². The van der Waals surface area contributed by atoms with Crippen molar-refractivity contribution in [1.82, 2.24) is 4.98 Å². The minimum Gasteiger partial charge on any atom is -0.295 e. The summed E-state index contributed by atoms with van der Waals surface area (Å²) in [5.41, 5.74) is 3.79. The van der Waals surface area contributed by atoms with Crippen LogP contribution in [0, 0.1) is 6.92 Å². The minimum atomic E-state index is 0.0851. The van der Waals surface area contributed by atoms with Gasteiger partial charge in [-0.05, 0) is 31.5 Å². The standard InChI is InChI=1S/C14H13NO/c1-10-6-7-14(9-15-10)13-5-3-4-12(8-13)11(2)16/h3-9H,1-2H3. The Labute approximate surface area is 95.0 Å². The van der Waals surface area contributed by atoms with Gasteiger partial charge in [0.05, 0.1) is 0 Å². The molecular weight excluding hydrogens is 198 g/mol. The molecule has 0 aliphatic carbocycles. The van der Waals surface area contributed by atoms with Gasteiger partial charge in [-0.25, -0.2) is 0 Å². The van der Waals surface area contributed by atoms with Crippen molar-refractivity contribution in [2.75, 3.05) is 0 Å². The van der Waals surface area contributed by atoms with Gasteiger partial charge in [0.25, 0.3) is 0 Å². The van der Waals surface area contributed by atoms with Crippen molar-refractivity contribution in [3.8, 4) is 11.1 Å². The summed E-state index contributed by atoms with van der Waals surface area (Å²) in [6.45, 7) is 3.53. The highest BCUT2D eigenvalue weighted by Crippen LogP contribution is 2.19. The lowest BCUT2D eigenvalue weighted by Gasteiger charge is -2.03. The third kappa shape index (κ3) is 2.16. The van der Waals surface area contributed by atoms with Crippen molar-refractivity contribution in [1.29, 1.82) is 0 Å². The largest absolute Gasteiger partial charge is 0.295 e. The highest BCUT2D eigenvalue weighted by molar-refractivity contribution is 5.95. The molecule has 0 aliphatic rings. The Balaban J connectivity index is 2.44. The molecule has 16 heavy (non-hydrogen) atoms. The van der Waals surface area contributed by atoms with Gasteiger partial charge in [0, 0.05) is 23.0 Å². The Kier molecular flexibility index (Phi) is 2.82. The van der Waals surface area contributed by atoms with Crippen LogP contribution in [0.15, 0.2) is 42.6 Å². The zero-order valence-corrected chi connectivity index (χ0v) is 9.40. The molecule has 1 aromatic carbocycles. The van der Waals surface area contributed by atoms with Crippen LogP contribution in [-0.2, 0) is 0 Å². The van der Waals surface area contributed by atoms with Crippen molar-refractivity contribution < 1.29 is 4.79 Å². The molecule has 2 aromatic rings. The van der Waals surface area contributed by atoms with E-state index in [-0.39, 0.29) is 5.78 Å². The summed E-state index contributed by atoms with van der Waals surface area (Å²) >= 11 is 0. The van der Waals surface area contributed by atoms with E-state index < -0.39 is 0 Å². The predicted octanol–water partition coefficient (Wildman–Crippen LogP) is 3.26. The zero-order valence-electron chi connectivity index (χ0n) is 9.40. The number of aromatic nitrogens is 1. The highest BCUT2D eigenvalue weighted by Gasteiger charge is 2.02. The minimum absolute atomic E-state index is 0.0851. The summed E-state index contributed by atoms with van der Waals surface area (Å²) in [5.74, 6) is 0.0851. The van der Waals surface area contributed by atoms with Crippen LogP contribution in [-0.4, -0.2) is 10.8 Å². The number of pyridine rings is 1. The third-order valence-electron chi connectivity index (χ3n) is 2.51. The van der Waals surface area contributed by atoms with Gasteiger partial charge in [0.15, 0.2) is 5.78 Å². The van der Waals surface area contributed by atoms with Crippen LogP contribution in [0.4, 0.5) is 0 Å². The van der Waals surface area contributed by atoms with Gasteiger partial charge in [0.2, 0.25) is 0 Å². The van der Waals surface area contributed by atoms with E-state index in [2.05, 4.69) is 4.98 Å². The van der Waals surface area contributed by atoms with E-state index in [0.29, 0.717) is 0 Å². The van der Waals surface area contributed by atoms with Crippen molar-refractivity contribution in [2.45, 2.75) is 13.8 Å². The third-order valence-corrected chi connectivity index (χ3v) is 2.51. The molecule has 0 saturated carbocycles. The molecule has 0 saturated heterocycles. The first-order valence-corrected chi connectivity index (χ1v) is 5.21. The quantitative estimate of drug-likeness (QED) is 0.714. The van der Waals surface area contributed by atoms with E-state index in [4.69, 9.17) is 0 Å². The van der Waals surface area contributed by atoms with Gasteiger partial charge in [-0.2, -0.15) is 0 Å². The molecule has 0 amide bonds. The van der Waals surface area contributed by atoms with Crippen LogP contribution in [0.3, 0.4) is 0 Å². The lowest BCUT2D eigenvalue weighted by molar-refractivity contribution is 0.101. The Bertz CT molecular complexity index is 515. The Morgan fingerprint density at radius 1 is 1.12 bits per heavy atom. The molecule has 2 nitrogen and oxygen atoms in total. The number of carbonyl (C=O) groups is 1. The van der Waals surface area contributed by atoms with Crippen molar-refractivity contribution in [2.24, 2.45) is 0 Å². The number of aryl methyl sites for hydroxylation is 1. The van der Waals surface area contributed by atoms with Gasteiger partial charge in [-0.1, -0.05) is 24.3 Å². The predicted molar refractivity (Wildman–Crippen MR) is 64.4 cm³/mol. The van der Waals surface area contributed by atoms with E-state index in [1.54, 1.807) is 6.92 Å². The first-order chi connectivity index (χ1) is 7.66. The van der Waals surface area contributed by atoms with Crippen LogP contribution < -0.4 is 0 Å². The average Bonchev–Trinajstić information content (AvgIpc) is 2.30. The number of rotatable bonds is 2. The number of ketones is 1. The topological polar surface area (TPSA) is 30.0 Å². The number of hydrogen-bond donors (Lipinski definition) is 0. The molecule has 0 radical (unpaired) electrons. The molecule has 80 valence electrons. The SMILES string of the molecule is CC(=O)c1cccc(-c2ccc(C)nc2)c1. The first kappa shape index (κ1) is 10.6. The van der Waals surface area contributed by atoms with Gasteiger partial charge in [-0.3, -0.25) is 9.78 Å². The van der Waals surface area contributed by atoms with Crippen LogP contribution in [0.2, 0.25) is 0 Å². The molecule has 1 heterocycles. The molecule has 0 spiro atoms. The summed E-state index contributed by atoms with van der Waals surface area (Å²) in [7, 11) is 0. The molecule has 0 aliphatic heterocycles. The summed E-state index contributed by atoms with van der Waals surface area (Å²) < 4.78 is 0. The second-order valence-corrected chi connectivity index (χ2v) is 3.83. The van der Waals surface area contributed by atoms with Crippen molar-refractivity contribution in [3.05, 3.63) is 53.9 Å². The molecule has 0 N–H and O–H groups in total. The number of benzene rings is 1. The molecule has 2 rings (SSSR count). The fraction of sp³-hybridized carbons (Fsp3) is 0.143. The van der Waals surface area contributed by atoms with Crippen LogP contribution in [0.5, 0.6) is 0 Å². The fourth-order valence-electron chi connectivity index (χ4n) is 1.56. The number of hydrogen-bond acceptors (Lipinski definition) is 2. The molecule has 1 aromatic heterocycles. The lowest BCUT2D eigenvalue weighted by atomic mass is 10.0. The van der Waals surface area contributed by atoms with E-state index in [1.165, 1.54) is 0 Å². The van der Waals surface area contributed by atoms with Crippen molar-refractivity contribution >= 4 is 5.78 Å². The van der Waals surface area contributed by atoms with Crippen molar-refractivity contribution in [3.63, 3.8) is 0 Å². The second kappa shape index (κ2) is 4.27. The fourth-order valence-corrected chi connectivity index (χ4v) is 1.56. The number of nitrogens with zero attached hydrogens (tertiary/aromatic N) is 1. The number of carbonyl (C=O) groups excluding carboxylic acids is 1. The summed E-state index contributed by atoms with van der Waals surface area (Å²) in [5, 5.41) is 0. The van der Waals surface area contributed by atoms with Gasteiger partial charge in [-0.15, -0.1) is 0 Å². The lowest BCUT2D eigenvalue weighted by Crippen LogP contribution is -1.92. The van der Waals surface area contributed by atoms with E-state index in [1.807, 2.05) is 49.5 Å². The van der Waals surface area contributed by atoms with Gasteiger partial charge < -0.3 is 0 Å². The summed E-state index contributed by atoms with van der Waals surface area (Å²) in [4.78, 5) is 15.5. The molecule has 0 unspecified atom stereocenters. The maximum absolute atomic E-state index is 11.3. The highest BCUT2D eigenvalue weighted by atomic mass is 16.1. The average molecular weight is 211 g/mol. The van der Waals surface area contributed by atoms with E-state index in [0.717, 1.165) is 22.4 Å². The summed E-state index contributed by atoms with van der Waals surface area (Å²) in [6.07, 6.45) is 1.83. The zero-order chi connectivity index (χ0) is 11.5. The summed E-state index contributed by atoms with van der Waals surface area (Å²) in [6, 6.07) is 11.6. The maximum atomic E-state index is 11.3.